The zero-order valence-electron chi connectivity index (χ0n) is 13.3. The largest absolute Gasteiger partial charge is 0.461 e. The summed E-state index contributed by atoms with van der Waals surface area (Å²) in [5.74, 6) is -0.497. The summed E-state index contributed by atoms with van der Waals surface area (Å²) in [6.45, 7) is 0. The summed E-state index contributed by atoms with van der Waals surface area (Å²) in [7, 11) is 0. The van der Waals surface area contributed by atoms with Crippen molar-refractivity contribution in [2.45, 2.75) is 12.5 Å². The zero-order valence-corrected chi connectivity index (χ0v) is 14.0. The fraction of sp³-hybridized carbons (Fsp3) is 0.118. The maximum absolute atomic E-state index is 13.4. The van der Waals surface area contributed by atoms with Crippen LogP contribution in [-0.4, -0.2) is 32.1 Å². The minimum atomic E-state index is -4.65. The Kier molecular flexibility index (Phi) is 4.11. The molecular weight excluding hydrogens is 388 g/mol. The molecule has 4 rings (SSSR count). The number of rotatable bonds is 4. The number of ether oxygens (including phenoxy) is 1. The van der Waals surface area contributed by atoms with Crippen LogP contribution in [0.15, 0.2) is 48.5 Å². The van der Waals surface area contributed by atoms with Gasteiger partial charge in [-0.15, -0.1) is 5.10 Å². The van der Waals surface area contributed by atoms with Crippen molar-refractivity contribution in [2.24, 2.45) is 0 Å². The van der Waals surface area contributed by atoms with E-state index in [2.05, 4.69) is 19.8 Å². The van der Waals surface area contributed by atoms with Crippen LogP contribution in [0, 0.1) is 0 Å². The summed E-state index contributed by atoms with van der Waals surface area (Å²) in [6, 6.07) is 12.4. The average Bonchev–Trinajstić information content (AvgIpc) is 3.08. The Hall–Kier alpha value is -2.94. The Morgan fingerprint density at radius 2 is 1.70 bits per heavy atom. The molecule has 5 nitrogen and oxygen atoms in total. The number of hydrogen-bond donors (Lipinski definition) is 0. The Bertz CT molecular complexity index is 1150. The van der Waals surface area contributed by atoms with E-state index in [-0.39, 0.29) is 16.7 Å². The number of aromatic nitrogens is 4. The predicted octanol–water partition coefficient (Wildman–Crippen LogP) is 4.83. The standard InChI is InChI=1S/C17H9ClF4N4O/c18-16-23-11-7-3-1-5-9(11)14-24-13(25-26(14)16)10-6-2-4-8-12(10)27-17(21,22)15(19)20/h1-8,15H. The fourth-order valence-corrected chi connectivity index (χ4v) is 2.78. The molecular formula is C17H9ClF4N4O. The number of benzene rings is 2. The first-order valence-corrected chi connectivity index (χ1v) is 8.00. The zero-order chi connectivity index (χ0) is 19.2. The van der Waals surface area contributed by atoms with E-state index in [1.165, 1.54) is 22.7 Å². The van der Waals surface area contributed by atoms with Crippen LogP contribution in [0.5, 0.6) is 5.75 Å². The fourth-order valence-electron chi connectivity index (χ4n) is 2.57. The number of fused-ring (bicyclic) bond motifs is 3. The third-order valence-electron chi connectivity index (χ3n) is 3.77. The molecule has 0 fully saturated rings. The lowest BCUT2D eigenvalue weighted by molar-refractivity contribution is -0.253. The van der Waals surface area contributed by atoms with E-state index in [9.17, 15) is 17.6 Å². The molecule has 0 atom stereocenters. The smallest absolute Gasteiger partial charge is 0.428 e. The van der Waals surface area contributed by atoms with Gasteiger partial charge in [-0.1, -0.05) is 24.3 Å². The molecule has 0 bridgehead atoms. The van der Waals surface area contributed by atoms with Crippen LogP contribution in [0.3, 0.4) is 0 Å². The minimum absolute atomic E-state index is 0.0127. The summed E-state index contributed by atoms with van der Waals surface area (Å²) in [4.78, 5) is 8.51. The molecule has 0 spiro atoms. The molecule has 27 heavy (non-hydrogen) atoms. The Morgan fingerprint density at radius 1 is 1.00 bits per heavy atom. The third kappa shape index (κ3) is 3.03. The van der Waals surface area contributed by atoms with Crippen molar-refractivity contribution in [1.29, 1.82) is 0 Å². The third-order valence-corrected chi connectivity index (χ3v) is 4.01. The van der Waals surface area contributed by atoms with Crippen LogP contribution in [0.2, 0.25) is 5.28 Å². The van der Waals surface area contributed by atoms with E-state index in [1.807, 2.05) is 0 Å². The van der Waals surface area contributed by atoms with Crippen LogP contribution in [0.1, 0.15) is 0 Å². The molecule has 10 heteroatoms. The highest BCUT2D eigenvalue weighted by Gasteiger charge is 2.44. The van der Waals surface area contributed by atoms with Crippen molar-refractivity contribution in [3.8, 4) is 17.1 Å². The average molecular weight is 397 g/mol. The lowest BCUT2D eigenvalue weighted by Gasteiger charge is -2.18. The quantitative estimate of drug-likeness (QED) is 0.366. The molecule has 0 amide bonds. The van der Waals surface area contributed by atoms with Gasteiger partial charge < -0.3 is 4.74 Å². The van der Waals surface area contributed by atoms with Crippen LogP contribution in [0.4, 0.5) is 17.6 Å². The maximum Gasteiger partial charge on any atom is 0.461 e. The molecule has 2 aromatic heterocycles. The van der Waals surface area contributed by atoms with Gasteiger partial charge in [-0.3, -0.25) is 0 Å². The number of nitrogens with zero attached hydrogens (tertiary/aromatic N) is 4. The topological polar surface area (TPSA) is 52.3 Å². The van der Waals surface area contributed by atoms with Gasteiger partial charge in [0.2, 0.25) is 5.28 Å². The molecule has 0 aliphatic heterocycles. The monoisotopic (exact) mass is 396 g/mol. The van der Waals surface area contributed by atoms with Crippen molar-refractivity contribution < 1.29 is 22.3 Å². The SMILES string of the molecule is FC(F)C(F)(F)Oc1ccccc1-c1nc2c3ccccc3nc(Cl)n2n1. The highest BCUT2D eigenvalue weighted by Crippen LogP contribution is 2.34. The van der Waals surface area contributed by atoms with E-state index >= 15 is 0 Å². The van der Waals surface area contributed by atoms with Gasteiger partial charge in [-0.05, 0) is 35.9 Å². The van der Waals surface area contributed by atoms with E-state index < -0.39 is 18.3 Å². The summed E-state index contributed by atoms with van der Waals surface area (Å²) >= 11 is 6.12. The second-order valence-electron chi connectivity index (χ2n) is 5.53. The Labute approximate surface area is 154 Å². The van der Waals surface area contributed by atoms with Gasteiger partial charge in [0, 0.05) is 5.39 Å². The highest BCUT2D eigenvalue weighted by atomic mass is 35.5. The van der Waals surface area contributed by atoms with Crippen molar-refractivity contribution in [3.63, 3.8) is 0 Å². The van der Waals surface area contributed by atoms with Crippen LogP contribution in [-0.2, 0) is 0 Å². The van der Waals surface area contributed by atoms with Gasteiger partial charge in [0.25, 0.3) is 0 Å². The minimum Gasteiger partial charge on any atom is -0.428 e. The van der Waals surface area contributed by atoms with Gasteiger partial charge in [-0.25, -0.2) is 9.97 Å². The molecule has 0 radical (unpaired) electrons. The van der Waals surface area contributed by atoms with Crippen molar-refractivity contribution >= 4 is 28.2 Å². The van der Waals surface area contributed by atoms with E-state index in [0.29, 0.717) is 16.6 Å². The number of para-hydroxylation sites is 2. The van der Waals surface area contributed by atoms with Gasteiger partial charge in [0.1, 0.15) is 5.75 Å². The first-order chi connectivity index (χ1) is 12.9. The van der Waals surface area contributed by atoms with Gasteiger partial charge in [0.15, 0.2) is 11.5 Å². The van der Waals surface area contributed by atoms with Crippen molar-refractivity contribution in [2.75, 3.05) is 0 Å². The summed E-state index contributed by atoms with van der Waals surface area (Å²) in [6.07, 6.45) is -8.64. The first kappa shape index (κ1) is 17.5. The normalized spacial score (nSPS) is 12.2. The molecule has 2 aromatic carbocycles. The highest BCUT2D eigenvalue weighted by molar-refractivity contribution is 6.29. The number of alkyl halides is 4. The molecule has 0 saturated heterocycles. The van der Waals surface area contributed by atoms with E-state index in [1.54, 1.807) is 24.3 Å². The summed E-state index contributed by atoms with van der Waals surface area (Å²) in [5.41, 5.74) is 0.931. The van der Waals surface area contributed by atoms with Crippen LogP contribution >= 0.6 is 11.6 Å². The lowest BCUT2D eigenvalue weighted by atomic mass is 10.2. The van der Waals surface area contributed by atoms with Crippen molar-refractivity contribution in [1.82, 2.24) is 19.6 Å². The second-order valence-corrected chi connectivity index (χ2v) is 5.87. The van der Waals surface area contributed by atoms with Gasteiger partial charge in [0.05, 0.1) is 11.1 Å². The second kappa shape index (κ2) is 6.34. The maximum atomic E-state index is 13.4. The molecule has 138 valence electrons. The first-order valence-electron chi connectivity index (χ1n) is 7.62. The van der Waals surface area contributed by atoms with Crippen molar-refractivity contribution in [3.05, 3.63) is 53.8 Å². The van der Waals surface area contributed by atoms with Crippen LogP contribution in [0.25, 0.3) is 27.9 Å². The van der Waals surface area contributed by atoms with Gasteiger partial charge >= 0.3 is 12.5 Å². The molecule has 0 N–H and O–H groups in total. The van der Waals surface area contributed by atoms with Crippen LogP contribution < -0.4 is 4.74 Å². The summed E-state index contributed by atoms with van der Waals surface area (Å²) < 4.78 is 57.2. The number of hydrogen-bond acceptors (Lipinski definition) is 4. The predicted molar refractivity (Wildman–Crippen MR) is 90.3 cm³/mol. The molecule has 0 aliphatic rings. The summed E-state index contributed by atoms with van der Waals surface area (Å²) in [5, 5.41) is 4.82. The van der Waals surface area contributed by atoms with E-state index in [0.717, 1.165) is 6.07 Å². The lowest BCUT2D eigenvalue weighted by Crippen LogP contribution is -2.33. The molecule has 2 heterocycles. The molecule has 0 aliphatic carbocycles. The van der Waals surface area contributed by atoms with Gasteiger partial charge in [-0.2, -0.15) is 22.1 Å². The van der Waals surface area contributed by atoms with E-state index in [4.69, 9.17) is 11.6 Å². The Morgan fingerprint density at radius 3 is 2.48 bits per heavy atom. The molecule has 4 aromatic rings. The Balaban J connectivity index is 1.89. The molecule has 0 saturated carbocycles. The number of halogens is 5. The molecule has 0 unspecified atom stereocenters.